The molecule has 0 aliphatic rings. The number of carbonyl (C=O) groups is 2. The van der Waals surface area contributed by atoms with E-state index in [1.165, 1.54) is 7.11 Å². The molecular weight excluding hydrogens is 454 g/mol. The number of nitrogen functional groups attached to an aromatic ring is 1. The predicted octanol–water partition coefficient (Wildman–Crippen LogP) is 4.83. The lowest BCUT2D eigenvalue weighted by Crippen LogP contribution is -2.30. The zero-order valence-electron chi connectivity index (χ0n) is 21.4. The Kier molecular flexibility index (Phi) is 7.52. The maximum atomic E-state index is 12.7. The number of nitrogens with two attached hydrogens (primary N) is 1. The highest BCUT2D eigenvalue weighted by Gasteiger charge is 2.19. The Morgan fingerprint density at radius 1 is 1.00 bits per heavy atom. The Morgan fingerprint density at radius 2 is 1.69 bits per heavy atom. The zero-order chi connectivity index (χ0) is 25.8. The first-order valence-electron chi connectivity index (χ1n) is 12.5. The van der Waals surface area contributed by atoms with E-state index in [2.05, 4.69) is 16.5 Å². The van der Waals surface area contributed by atoms with Gasteiger partial charge in [-0.05, 0) is 56.2 Å². The SMILES string of the molecule is CCCCc1nc2c(N)nc3cc(C(=O)OC)ccc3c2n1Cc1ccc(C(=O)N(CC)CC)cc1. The van der Waals surface area contributed by atoms with Gasteiger partial charge in [-0.15, -0.1) is 0 Å². The van der Waals surface area contributed by atoms with E-state index in [0.29, 0.717) is 47.6 Å². The molecule has 4 aromatic rings. The molecule has 2 aromatic carbocycles. The number of unbranched alkanes of at least 4 members (excludes halogenated alkanes) is 1. The van der Waals surface area contributed by atoms with Crippen molar-refractivity contribution in [3.05, 3.63) is 65.0 Å². The third kappa shape index (κ3) is 4.76. The number of hydrogen-bond acceptors (Lipinski definition) is 6. The highest BCUT2D eigenvalue weighted by molar-refractivity contribution is 6.08. The summed E-state index contributed by atoms with van der Waals surface area (Å²) in [6.07, 6.45) is 2.85. The van der Waals surface area contributed by atoms with Gasteiger partial charge in [0.15, 0.2) is 5.82 Å². The second-order valence-electron chi connectivity index (χ2n) is 8.81. The summed E-state index contributed by atoms with van der Waals surface area (Å²) < 4.78 is 7.05. The summed E-state index contributed by atoms with van der Waals surface area (Å²) in [5.74, 6) is 0.882. The number of methoxy groups -OCH3 is 1. The van der Waals surface area contributed by atoms with Gasteiger partial charge in [0.25, 0.3) is 5.91 Å². The van der Waals surface area contributed by atoms with E-state index >= 15 is 0 Å². The van der Waals surface area contributed by atoms with E-state index in [4.69, 9.17) is 15.5 Å². The van der Waals surface area contributed by atoms with Gasteiger partial charge in [0.2, 0.25) is 0 Å². The number of ether oxygens (including phenoxy) is 1. The molecule has 0 bridgehead atoms. The molecule has 0 aliphatic carbocycles. The van der Waals surface area contributed by atoms with Gasteiger partial charge in [0.05, 0.1) is 23.7 Å². The van der Waals surface area contributed by atoms with Crippen molar-refractivity contribution in [2.24, 2.45) is 0 Å². The van der Waals surface area contributed by atoms with Crippen LogP contribution in [-0.2, 0) is 17.7 Å². The molecule has 0 fully saturated rings. The third-order valence-corrected chi connectivity index (χ3v) is 6.55. The van der Waals surface area contributed by atoms with Gasteiger partial charge in [-0.1, -0.05) is 25.5 Å². The van der Waals surface area contributed by atoms with Gasteiger partial charge in [0.1, 0.15) is 11.3 Å². The molecule has 0 saturated heterocycles. The molecular formula is C28H33N5O3. The molecule has 0 atom stereocenters. The number of pyridine rings is 1. The van der Waals surface area contributed by atoms with E-state index in [-0.39, 0.29) is 5.91 Å². The number of anilines is 1. The third-order valence-electron chi connectivity index (χ3n) is 6.55. The minimum absolute atomic E-state index is 0.0366. The predicted molar refractivity (Wildman–Crippen MR) is 142 cm³/mol. The molecule has 0 radical (unpaired) electrons. The first-order chi connectivity index (χ1) is 17.4. The van der Waals surface area contributed by atoms with Crippen LogP contribution in [0.2, 0.25) is 0 Å². The Bertz CT molecular complexity index is 1400. The van der Waals surface area contributed by atoms with Crippen molar-refractivity contribution in [1.29, 1.82) is 0 Å². The summed E-state index contributed by atoms with van der Waals surface area (Å²) in [5, 5.41) is 0.871. The quantitative estimate of drug-likeness (QED) is 0.339. The zero-order valence-corrected chi connectivity index (χ0v) is 21.4. The Morgan fingerprint density at radius 3 is 2.33 bits per heavy atom. The van der Waals surface area contributed by atoms with E-state index in [1.807, 2.05) is 49.1 Å². The van der Waals surface area contributed by atoms with Crippen LogP contribution in [0.5, 0.6) is 0 Å². The summed E-state index contributed by atoms with van der Waals surface area (Å²) >= 11 is 0. The number of rotatable bonds is 9. The summed E-state index contributed by atoms with van der Waals surface area (Å²) in [4.78, 5) is 36.0. The monoisotopic (exact) mass is 487 g/mol. The van der Waals surface area contributed by atoms with Gasteiger partial charge >= 0.3 is 5.97 Å². The summed E-state index contributed by atoms with van der Waals surface area (Å²) in [5.41, 5.74) is 10.7. The number of hydrogen-bond donors (Lipinski definition) is 1. The first-order valence-corrected chi connectivity index (χ1v) is 12.5. The molecule has 4 rings (SSSR count). The average Bonchev–Trinajstić information content (AvgIpc) is 3.26. The fraction of sp³-hybridized carbons (Fsp3) is 0.357. The molecule has 2 N–H and O–H groups in total. The number of aryl methyl sites for hydroxylation is 1. The van der Waals surface area contributed by atoms with E-state index in [1.54, 1.807) is 12.1 Å². The Balaban J connectivity index is 1.81. The van der Waals surface area contributed by atoms with Crippen LogP contribution < -0.4 is 5.73 Å². The molecule has 8 heteroatoms. The fourth-order valence-electron chi connectivity index (χ4n) is 4.53. The highest BCUT2D eigenvalue weighted by Crippen LogP contribution is 2.31. The van der Waals surface area contributed by atoms with Crippen LogP contribution in [0, 0.1) is 0 Å². The second-order valence-corrected chi connectivity index (χ2v) is 8.81. The van der Waals surface area contributed by atoms with Crippen molar-refractivity contribution in [1.82, 2.24) is 19.4 Å². The van der Waals surface area contributed by atoms with Crippen LogP contribution in [0.1, 0.15) is 65.7 Å². The number of amides is 1. The minimum Gasteiger partial charge on any atom is -0.465 e. The number of nitrogens with zero attached hydrogens (tertiary/aromatic N) is 4. The van der Waals surface area contributed by atoms with Crippen LogP contribution >= 0.6 is 0 Å². The lowest BCUT2D eigenvalue weighted by atomic mass is 10.1. The van der Waals surface area contributed by atoms with Crippen molar-refractivity contribution in [3.8, 4) is 0 Å². The number of fused-ring (bicyclic) bond motifs is 3. The van der Waals surface area contributed by atoms with E-state index < -0.39 is 5.97 Å². The lowest BCUT2D eigenvalue weighted by molar-refractivity contribution is 0.0600. The van der Waals surface area contributed by atoms with Gasteiger partial charge < -0.3 is 19.9 Å². The van der Waals surface area contributed by atoms with Crippen molar-refractivity contribution in [2.45, 2.75) is 46.6 Å². The maximum Gasteiger partial charge on any atom is 0.337 e. The van der Waals surface area contributed by atoms with Crippen LogP contribution in [0.4, 0.5) is 5.82 Å². The second kappa shape index (κ2) is 10.8. The number of carbonyl (C=O) groups excluding carboxylic acids is 2. The summed E-state index contributed by atoms with van der Waals surface area (Å²) in [6, 6.07) is 13.1. The Hall–Kier alpha value is -3.94. The van der Waals surface area contributed by atoms with Crippen molar-refractivity contribution in [3.63, 3.8) is 0 Å². The van der Waals surface area contributed by atoms with Gasteiger partial charge in [-0.25, -0.2) is 14.8 Å². The number of imidazole rings is 1. The van der Waals surface area contributed by atoms with Gasteiger partial charge in [-0.3, -0.25) is 4.79 Å². The summed E-state index contributed by atoms with van der Waals surface area (Å²) in [6.45, 7) is 8.05. The molecule has 2 aromatic heterocycles. The van der Waals surface area contributed by atoms with Crippen LogP contribution in [0.15, 0.2) is 42.5 Å². The summed E-state index contributed by atoms with van der Waals surface area (Å²) in [7, 11) is 1.35. The van der Waals surface area contributed by atoms with Gasteiger partial charge in [0, 0.05) is 37.0 Å². The lowest BCUT2D eigenvalue weighted by Gasteiger charge is -2.18. The molecule has 0 unspecified atom stereocenters. The fourth-order valence-corrected chi connectivity index (χ4v) is 4.53. The highest BCUT2D eigenvalue weighted by atomic mass is 16.5. The molecule has 2 heterocycles. The van der Waals surface area contributed by atoms with Crippen LogP contribution in [-0.4, -0.2) is 51.5 Å². The number of esters is 1. The minimum atomic E-state index is -0.422. The van der Waals surface area contributed by atoms with E-state index in [0.717, 1.165) is 41.6 Å². The first kappa shape index (κ1) is 25.2. The maximum absolute atomic E-state index is 12.7. The topological polar surface area (TPSA) is 103 Å². The van der Waals surface area contributed by atoms with Crippen molar-refractivity contribution in [2.75, 3.05) is 25.9 Å². The molecule has 8 nitrogen and oxygen atoms in total. The molecule has 188 valence electrons. The molecule has 0 saturated carbocycles. The number of aromatic nitrogens is 3. The van der Waals surface area contributed by atoms with Crippen molar-refractivity contribution < 1.29 is 14.3 Å². The smallest absolute Gasteiger partial charge is 0.337 e. The largest absolute Gasteiger partial charge is 0.465 e. The average molecular weight is 488 g/mol. The van der Waals surface area contributed by atoms with Gasteiger partial charge in [-0.2, -0.15) is 0 Å². The van der Waals surface area contributed by atoms with Crippen LogP contribution in [0.3, 0.4) is 0 Å². The number of benzene rings is 2. The van der Waals surface area contributed by atoms with Crippen LogP contribution in [0.25, 0.3) is 21.9 Å². The molecule has 36 heavy (non-hydrogen) atoms. The molecule has 0 spiro atoms. The standard InChI is InChI=1S/C28H33N5O3/c1-5-8-9-23-31-24-25(21-15-14-20(28(35)36-4)16-22(21)30-26(24)29)33(23)17-18-10-12-19(13-11-18)27(34)32(6-2)7-3/h10-16H,5-9,17H2,1-4H3,(H2,29,30). The normalized spacial score (nSPS) is 11.2. The van der Waals surface area contributed by atoms with E-state index in [9.17, 15) is 9.59 Å². The Labute approximate surface area is 211 Å². The molecule has 1 amide bonds. The van der Waals surface area contributed by atoms with Crippen molar-refractivity contribution >= 4 is 39.6 Å². The molecule has 0 aliphatic heterocycles.